The van der Waals surface area contributed by atoms with Crippen LogP contribution in [-0.2, 0) is 12.6 Å². The van der Waals surface area contributed by atoms with Crippen LogP contribution >= 0.6 is 0 Å². The van der Waals surface area contributed by atoms with E-state index in [-0.39, 0.29) is 0 Å². The monoisotopic (exact) mass is 291 g/mol. The fourth-order valence-corrected chi connectivity index (χ4v) is 2.27. The molecule has 108 valence electrons. The van der Waals surface area contributed by atoms with Crippen molar-refractivity contribution in [1.82, 2.24) is 14.5 Å². The van der Waals surface area contributed by atoms with Crippen molar-refractivity contribution in [2.24, 2.45) is 0 Å². The molecule has 0 aliphatic heterocycles. The normalized spacial score (nSPS) is 12.0. The molecule has 0 radical (unpaired) electrons. The molecule has 0 amide bonds. The molecule has 0 fully saturated rings. The summed E-state index contributed by atoms with van der Waals surface area (Å²) in [6, 6.07) is 8.65. The number of rotatable bonds is 2. The maximum Gasteiger partial charge on any atom is 0.416 e. The molecule has 6 heteroatoms. The first-order chi connectivity index (χ1) is 10.0. The van der Waals surface area contributed by atoms with Crippen molar-refractivity contribution in [1.29, 1.82) is 0 Å². The minimum Gasteiger partial charge on any atom is -0.281 e. The maximum atomic E-state index is 12.6. The summed E-state index contributed by atoms with van der Waals surface area (Å²) in [5.41, 5.74) is 1.34. The smallest absolute Gasteiger partial charge is 0.281 e. The lowest BCUT2D eigenvalue weighted by Gasteiger charge is -2.10. The van der Waals surface area contributed by atoms with Crippen molar-refractivity contribution in [3.05, 3.63) is 54.0 Å². The molecule has 1 aromatic carbocycles. The van der Waals surface area contributed by atoms with Gasteiger partial charge in [-0.05, 0) is 36.4 Å². The van der Waals surface area contributed by atoms with Gasteiger partial charge in [0.2, 0.25) is 0 Å². The van der Waals surface area contributed by atoms with Gasteiger partial charge in [0.25, 0.3) is 0 Å². The van der Waals surface area contributed by atoms with Crippen molar-refractivity contribution in [3.8, 4) is 5.69 Å². The second-order valence-electron chi connectivity index (χ2n) is 4.61. The summed E-state index contributed by atoms with van der Waals surface area (Å²) in [4.78, 5) is 8.73. The Hall–Kier alpha value is -2.37. The third-order valence-corrected chi connectivity index (χ3v) is 3.25. The predicted molar refractivity (Wildman–Crippen MR) is 73.2 cm³/mol. The molecule has 0 spiro atoms. The number of halogens is 3. The van der Waals surface area contributed by atoms with E-state index in [1.54, 1.807) is 16.8 Å². The number of aromatic nitrogens is 3. The molecule has 21 heavy (non-hydrogen) atoms. The first kappa shape index (κ1) is 13.6. The number of aryl methyl sites for hydroxylation is 1. The molecule has 0 saturated heterocycles. The van der Waals surface area contributed by atoms with Crippen molar-refractivity contribution in [2.75, 3.05) is 0 Å². The van der Waals surface area contributed by atoms with Gasteiger partial charge in [-0.1, -0.05) is 6.92 Å². The van der Waals surface area contributed by atoms with Gasteiger partial charge in [-0.3, -0.25) is 4.57 Å². The summed E-state index contributed by atoms with van der Waals surface area (Å²) in [6.45, 7) is 1.95. The molecular formula is C15H12F3N3. The average molecular weight is 291 g/mol. The molecule has 3 rings (SSSR count). The summed E-state index contributed by atoms with van der Waals surface area (Å²) in [5.74, 6) is 0.767. The first-order valence-electron chi connectivity index (χ1n) is 6.50. The van der Waals surface area contributed by atoms with Gasteiger partial charge in [0.05, 0.1) is 5.56 Å². The predicted octanol–water partition coefficient (Wildman–Crippen LogP) is 4.00. The quantitative estimate of drug-likeness (QED) is 0.714. The summed E-state index contributed by atoms with van der Waals surface area (Å²) in [5, 5.41) is 0. The van der Waals surface area contributed by atoms with Crippen LogP contribution in [0.1, 0.15) is 18.3 Å². The van der Waals surface area contributed by atoms with Gasteiger partial charge in [0.15, 0.2) is 5.65 Å². The first-order valence-corrected chi connectivity index (χ1v) is 6.50. The van der Waals surface area contributed by atoms with Crippen LogP contribution in [0.4, 0.5) is 13.2 Å². The fraction of sp³-hybridized carbons (Fsp3) is 0.200. The molecule has 0 bridgehead atoms. The van der Waals surface area contributed by atoms with Crippen molar-refractivity contribution in [3.63, 3.8) is 0 Å². The van der Waals surface area contributed by atoms with Crippen LogP contribution in [0.5, 0.6) is 0 Å². The zero-order chi connectivity index (χ0) is 15.0. The molecule has 0 saturated carbocycles. The Morgan fingerprint density at radius 2 is 1.81 bits per heavy atom. The van der Waals surface area contributed by atoms with Gasteiger partial charge in [-0.25, -0.2) is 9.97 Å². The number of nitrogens with zero attached hydrogens (tertiary/aromatic N) is 3. The van der Waals surface area contributed by atoms with Crippen molar-refractivity contribution >= 4 is 11.2 Å². The van der Waals surface area contributed by atoms with Gasteiger partial charge in [0, 0.05) is 18.3 Å². The highest BCUT2D eigenvalue weighted by Gasteiger charge is 2.30. The number of hydrogen-bond acceptors (Lipinski definition) is 2. The Kier molecular flexibility index (Phi) is 3.16. The van der Waals surface area contributed by atoms with E-state index >= 15 is 0 Å². The number of pyridine rings is 1. The SMILES string of the molecule is CCc1nc2cccnc2n1-c1ccc(C(F)(F)F)cc1. The van der Waals surface area contributed by atoms with Crippen LogP contribution in [0.15, 0.2) is 42.6 Å². The van der Waals surface area contributed by atoms with Gasteiger partial charge in [-0.15, -0.1) is 0 Å². The maximum absolute atomic E-state index is 12.6. The Balaban J connectivity index is 2.16. The Labute approximate surface area is 119 Å². The van der Waals surface area contributed by atoms with E-state index in [1.807, 2.05) is 13.0 Å². The third kappa shape index (κ3) is 2.37. The largest absolute Gasteiger partial charge is 0.416 e. The molecule has 3 aromatic rings. The molecule has 0 aliphatic carbocycles. The van der Waals surface area contributed by atoms with Crippen molar-refractivity contribution in [2.45, 2.75) is 19.5 Å². The summed E-state index contributed by atoms with van der Waals surface area (Å²) >= 11 is 0. The zero-order valence-corrected chi connectivity index (χ0v) is 11.2. The van der Waals surface area contributed by atoms with Crippen LogP contribution in [-0.4, -0.2) is 14.5 Å². The standard InChI is InChI=1S/C15H12F3N3/c1-2-13-20-12-4-3-9-19-14(12)21(13)11-7-5-10(6-8-11)15(16,17)18/h3-9H,2H2,1H3. The zero-order valence-electron chi connectivity index (χ0n) is 11.2. The fourth-order valence-electron chi connectivity index (χ4n) is 2.27. The van der Waals surface area contributed by atoms with Crippen LogP contribution in [0.25, 0.3) is 16.9 Å². The summed E-state index contributed by atoms with van der Waals surface area (Å²) < 4.78 is 39.7. The summed E-state index contributed by atoms with van der Waals surface area (Å²) in [6.07, 6.45) is -2.03. The molecule has 0 atom stereocenters. The second kappa shape index (κ2) is 4.87. The molecule has 2 aromatic heterocycles. The molecule has 3 nitrogen and oxygen atoms in total. The van der Waals surface area contributed by atoms with Gasteiger partial charge in [-0.2, -0.15) is 13.2 Å². The van der Waals surface area contributed by atoms with Crippen LogP contribution in [0.2, 0.25) is 0 Å². The highest BCUT2D eigenvalue weighted by molar-refractivity contribution is 5.73. The molecule has 0 aliphatic rings. The highest BCUT2D eigenvalue weighted by Crippen LogP contribution is 2.30. The lowest BCUT2D eigenvalue weighted by Crippen LogP contribution is -2.06. The van der Waals surface area contributed by atoms with E-state index in [0.717, 1.165) is 23.5 Å². The Morgan fingerprint density at radius 3 is 2.43 bits per heavy atom. The van der Waals surface area contributed by atoms with E-state index in [9.17, 15) is 13.2 Å². The van der Waals surface area contributed by atoms with E-state index in [1.165, 1.54) is 12.1 Å². The minimum atomic E-state index is -4.33. The lowest BCUT2D eigenvalue weighted by molar-refractivity contribution is -0.137. The Morgan fingerprint density at radius 1 is 1.10 bits per heavy atom. The number of alkyl halides is 3. The molecule has 0 unspecified atom stereocenters. The van der Waals surface area contributed by atoms with Crippen molar-refractivity contribution < 1.29 is 13.2 Å². The van der Waals surface area contributed by atoms with Crippen LogP contribution in [0.3, 0.4) is 0 Å². The average Bonchev–Trinajstić information content (AvgIpc) is 2.85. The van der Waals surface area contributed by atoms with Gasteiger partial charge in [0.1, 0.15) is 11.3 Å². The third-order valence-electron chi connectivity index (χ3n) is 3.25. The number of benzene rings is 1. The molecule has 2 heterocycles. The second-order valence-corrected chi connectivity index (χ2v) is 4.61. The Bertz CT molecular complexity index is 773. The van der Waals surface area contributed by atoms with Gasteiger partial charge < -0.3 is 0 Å². The summed E-state index contributed by atoms with van der Waals surface area (Å²) in [7, 11) is 0. The number of hydrogen-bond donors (Lipinski definition) is 0. The lowest BCUT2D eigenvalue weighted by atomic mass is 10.2. The molecule has 0 N–H and O–H groups in total. The topological polar surface area (TPSA) is 30.7 Å². The molecular weight excluding hydrogens is 279 g/mol. The van der Waals surface area contributed by atoms with Crippen LogP contribution in [0, 0.1) is 0 Å². The number of imidazole rings is 1. The van der Waals surface area contributed by atoms with Crippen LogP contribution < -0.4 is 0 Å². The van der Waals surface area contributed by atoms with E-state index in [4.69, 9.17) is 0 Å². The number of fused-ring (bicyclic) bond motifs is 1. The van der Waals surface area contributed by atoms with Gasteiger partial charge >= 0.3 is 6.18 Å². The van der Waals surface area contributed by atoms with E-state index < -0.39 is 11.7 Å². The highest BCUT2D eigenvalue weighted by atomic mass is 19.4. The van der Waals surface area contributed by atoms with E-state index in [0.29, 0.717) is 17.8 Å². The minimum absolute atomic E-state index is 0.626. The van der Waals surface area contributed by atoms with E-state index in [2.05, 4.69) is 9.97 Å².